The first-order valence-electron chi connectivity index (χ1n) is 23.1. The Bertz CT molecular complexity index is 738. The van der Waals surface area contributed by atoms with Crippen LogP contribution in [0.2, 0.25) is 0 Å². The van der Waals surface area contributed by atoms with Crippen LogP contribution in [-0.4, -0.2) is 35.7 Å². The molecule has 0 saturated carbocycles. The number of halogens is 1. The topological polar surface area (TPSA) is 78.9 Å². The van der Waals surface area contributed by atoms with Crippen molar-refractivity contribution in [3.05, 3.63) is 0 Å². The molecule has 0 bridgehead atoms. The minimum absolute atomic E-state index is 0.0169. The summed E-state index contributed by atoms with van der Waals surface area (Å²) in [6, 6.07) is 0. The smallest absolute Gasteiger partial charge is 0.404 e. The molecular formula is C46H87ClO6. The fraction of sp³-hybridized carbons (Fsp3) is 0.935. The van der Waals surface area contributed by atoms with Crippen LogP contribution in [0.25, 0.3) is 0 Å². The Morgan fingerprint density at radius 1 is 0.340 bits per heavy atom. The number of esters is 2. The van der Waals surface area contributed by atoms with Gasteiger partial charge in [-0.1, -0.05) is 156 Å². The van der Waals surface area contributed by atoms with E-state index in [9.17, 15) is 14.4 Å². The SMILES string of the molecule is CCCCCCC(CCCCCC)OC(=O)CCCCCCCCC(CCCCCCCCC(=O)OC(CCCCCC)CCCCCC)OC(=O)Cl. The summed E-state index contributed by atoms with van der Waals surface area (Å²) in [5.41, 5.74) is -0.706. The van der Waals surface area contributed by atoms with Crippen LogP contribution in [0.5, 0.6) is 0 Å². The molecular weight excluding hydrogens is 684 g/mol. The molecule has 0 aliphatic carbocycles. The Labute approximate surface area is 333 Å². The summed E-state index contributed by atoms with van der Waals surface area (Å²) >= 11 is 5.59. The van der Waals surface area contributed by atoms with E-state index in [-0.39, 0.29) is 30.3 Å². The summed E-state index contributed by atoms with van der Waals surface area (Å²) in [5, 5.41) is 0. The van der Waals surface area contributed by atoms with Crippen LogP contribution in [-0.2, 0) is 23.8 Å². The summed E-state index contributed by atoms with van der Waals surface area (Å²) in [7, 11) is 0. The van der Waals surface area contributed by atoms with Gasteiger partial charge in [-0.2, -0.15) is 0 Å². The number of rotatable bonds is 41. The Hall–Kier alpha value is -1.30. The number of carbonyl (C=O) groups is 3. The van der Waals surface area contributed by atoms with Crippen molar-refractivity contribution in [3.8, 4) is 0 Å². The number of unbranched alkanes of at least 4 members (excludes halogenated alkanes) is 22. The second kappa shape index (κ2) is 40.4. The van der Waals surface area contributed by atoms with Crippen molar-refractivity contribution in [3.63, 3.8) is 0 Å². The predicted octanol–water partition coefficient (Wildman–Crippen LogP) is 15.7. The van der Waals surface area contributed by atoms with Crippen LogP contribution in [0.15, 0.2) is 0 Å². The fourth-order valence-corrected chi connectivity index (χ4v) is 7.43. The van der Waals surface area contributed by atoms with Gasteiger partial charge < -0.3 is 14.2 Å². The zero-order valence-corrected chi connectivity index (χ0v) is 36.3. The molecule has 0 aromatic carbocycles. The molecule has 0 N–H and O–H groups in total. The lowest BCUT2D eigenvalue weighted by molar-refractivity contribution is -0.151. The molecule has 0 aliphatic heterocycles. The van der Waals surface area contributed by atoms with Gasteiger partial charge in [0.05, 0.1) is 0 Å². The standard InChI is InChI=1S/C46H87ClO6/c1-5-9-13-25-33-41(34-26-14-10-6-2)51-44(48)39-31-23-19-17-21-29-37-43(53-46(47)50)38-30-22-18-20-24-32-40-45(49)52-42(35-27-15-11-7-3)36-28-16-12-8-4/h41-43H,5-40H2,1-4H3. The zero-order valence-electron chi connectivity index (χ0n) is 35.5. The highest BCUT2D eigenvalue weighted by Crippen LogP contribution is 2.21. The molecule has 7 heteroatoms. The number of carbonyl (C=O) groups excluding carboxylic acids is 3. The molecule has 0 amide bonds. The molecule has 314 valence electrons. The molecule has 0 atom stereocenters. The van der Waals surface area contributed by atoms with E-state index >= 15 is 0 Å². The lowest BCUT2D eigenvalue weighted by atomic mass is 10.0. The Balaban J connectivity index is 4.10. The molecule has 0 aliphatic rings. The van der Waals surface area contributed by atoms with Crippen LogP contribution in [0, 0.1) is 0 Å². The van der Waals surface area contributed by atoms with Crippen molar-refractivity contribution in [2.24, 2.45) is 0 Å². The summed E-state index contributed by atoms with van der Waals surface area (Å²) < 4.78 is 17.3. The van der Waals surface area contributed by atoms with E-state index in [1.807, 2.05) is 0 Å². The molecule has 0 unspecified atom stereocenters. The monoisotopic (exact) mass is 771 g/mol. The van der Waals surface area contributed by atoms with Gasteiger partial charge in [-0.15, -0.1) is 0 Å². The molecule has 0 saturated heterocycles. The molecule has 0 aromatic heterocycles. The Morgan fingerprint density at radius 3 is 0.830 bits per heavy atom. The van der Waals surface area contributed by atoms with Crippen LogP contribution in [0.1, 0.15) is 259 Å². The molecule has 0 aromatic rings. The molecule has 6 nitrogen and oxygen atoms in total. The van der Waals surface area contributed by atoms with Crippen LogP contribution in [0.4, 0.5) is 4.79 Å². The van der Waals surface area contributed by atoms with E-state index in [0.717, 1.165) is 141 Å². The van der Waals surface area contributed by atoms with Gasteiger partial charge in [-0.25, -0.2) is 4.79 Å². The summed E-state index contributed by atoms with van der Waals surface area (Å²) in [5.74, 6) is -0.0339. The predicted molar refractivity (Wildman–Crippen MR) is 225 cm³/mol. The third-order valence-corrected chi connectivity index (χ3v) is 10.8. The third kappa shape index (κ3) is 37.4. The van der Waals surface area contributed by atoms with Gasteiger partial charge in [0, 0.05) is 24.4 Å². The van der Waals surface area contributed by atoms with Crippen molar-refractivity contribution in [2.45, 2.75) is 277 Å². The zero-order chi connectivity index (χ0) is 39.0. The van der Waals surface area contributed by atoms with E-state index in [0.29, 0.717) is 12.8 Å². The van der Waals surface area contributed by atoms with E-state index < -0.39 is 5.43 Å². The van der Waals surface area contributed by atoms with Gasteiger partial charge in [-0.05, 0) is 89.9 Å². The highest BCUT2D eigenvalue weighted by molar-refractivity contribution is 6.61. The molecule has 0 fully saturated rings. The van der Waals surface area contributed by atoms with Gasteiger partial charge >= 0.3 is 17.4 Å². The number of hydrogen-bond donors (Lipinski definition) is 0. The van der Waals surface area contributed by atoms with Gasteiger partial charge in [0.15, 0.2) is 0 Å². The van der Waals surface area contributed by atoms with Crippen molar-refractivity contribution < 1.29 is 28.6 Å². The average Bonchev–Trinajstić information content (AvgIpc) is 3.13. The second-order valence-electron chi connectivity index (χ2n) is 15.9. The maximum Gasteiger partial charge on any atom is 0.404 e. The lowest BCUT2D eigenvalue weighted by Crippen LogP contribution is -2.18. The van der Waals surface area contributed by atoms with Gasteiger partial charge in [0.2, 0.25) is 0 Å². The van der Waals surface area contributed by atoms with Crippen LogP contribution in [0.3, 0.4) is 0 Å². The minimum Gasteiger partial charge on any atom is -0.462 e. The normalized spacial score (nSPS) is 11.5. The molecule has 0 radical (unpaired) electrons. The highest BCUT2D eigenvalue weighted by Gasteiger charge is 2.16. The summed E-state index contributed by atoms with van der Waals surface area (Å²) in [6.45, 7) is 8.92. The summed E-state index contributed by atoms with van der Waals surface area (Å²) in [4.78, 5) is 36.6. The van der Waals surface area contributed by atoms with E-state index in [2.05, 4.69) is 27.7 Å². The van der Waals surface area contributed by atoms with Crippen molar-refractivity contribution in [1.82, 2.24) is 0 Å². The Kier molecular flexibility index (Phi) is 39.4. The van der Waals surface area contributed by atoms with Crippen LogP contribution >= 0.6 is 11.6 Å². The largest absolute Gasteiger partial charge is 0.462 e. The first kappa shape index (κ1) is 51.7. The van der Waals surface area contributed by atoms with E-state index in [1.165, 1.54) is 77.0 Å². The van der Waals surface area contributed by atoms with Gasteiger partial charge in [0.25, 0.3) is 0 Å². The van der Waals surface area contributed by atoms with Crippen molar-refractivity contribution in [2.75, 3.05) is 0 Å². The fourth-order valence-electron chi connectivity index (χ4n) is 7.30. The number of ether oxygens (including phenoxy) is 3. The number of hydrogen-bond acceptors (Lipinski definition) is 6. The average molecular weight is 772 g/mol. The van der Waals surface area contributed by atoms with Crippen molar-refractivity contribution in [1.29, 1.82) is 0 Å². The maximum absolute atomic E-state index is 12.6. The second-order valence-corrected chi connectivity index (χ2v) is 16.2. The van der Waals surface area contributed by atoms with Gasteiger partial charge in [-0.3, -0.25) is 9.59 Å². The lowest BCUT2D eigenvalue weighted by Gasteiger charge is -2.18. The summed E-state index contributed by atoms with van der Waals surface area (Å²) in [6.07, 6.45) is 39.0. The first-order valence-corrected chi connectivity index (χ1v) is 23.5. The quantitative estimate of drug-likeness (QED) is 0.0267. The molecule has 53 heavy (non-hydrogen) atoms. The van der Waals surface area contributed by atoms with Crippen molar-refractivity contribution >= 4 is 29.0 Å². The molecule has 0 spiro atoms. The Morgan fingerprint density at radius 2 is 0.566 bits per heavy atom. The van der Waals surface area contributed by atoms with Gasteiger partial charge in [0.1, 0.15) is 18.3 Å². The first-order chi connectivity index (χ1) is 25.9. The molecule has 0 heterocycles. The minimum atomic E-state index is -0.706. The highest BCUT2D eigenvalue weighted by atomic mass is 35.5. The molecule has 0 rings (SSSR count). The van der Waals surface area contributed by atoms with E-state index in [4.69, 9.17) is 25.8 Å². The third-order valence-electron chi connectivity index (χ3n) is 10.7. The maximum atomic E-state index is 12.6. The van der Waals surface area contributed by atoms with E-state index in [1.54, 1.807) is 0 Å². The van der Waals surface area contributed by atoms with Crippen LogP contribution < -0.4 is 0 Å².